The number of hydrogen-bond acceptors (Lipinski definition) is 7. The number of aromatic nitrogens is 2. The number of phenolic OH excluding ortho intramolecular Hbond substituents is 1. The second kappa shape index (κ2) is 3.87. The summed E-state index contributed by atoms with van der Waals surface area (Å²) in [6, 6.07) is 0.691. The van der Waals surface area contributed by atoms with Crippen molar-refractivity contribution < 1.29 is 15.0 Å². The monoisotopic (exact) mass is 250 g/mol. The highest BCUT2D eigenvalue weighted by molar-refractivity contribution is 5.95. The summed E-state index contributed by atoms with van der Waals surface area (Å²) >= 11 is 0. The van der Waals surface area contributed by atoms with Gasteiger partial charge in [0.15, 0.2) is 0 Å². The van der Waals surface area contributed by atoms with Crippen LogP contribution in [0.15, 0.2) is 12.3 Å². The lowest BCUT2D eigenvalue weighted by atomic mass is 10.1. The summed E-state index contributed by atoms with van der Waals surface area (Å²) in [6.07, 6.45) is 1.15. The van der Waals surface area contributed by atoms with Crippen molar-refractivity contribution >= 4 is 22.3 Å². The van der Waals surface area contributed by atoms with Crippen LogP contribution in [0.4, 0.5) is 11.4 Å². The zero-order valence-electron chi connectivity index (χ0n) is 9.02. The number of nitrogens with zero attached hydrogens (tertiary/aromatic N) is 4. The molecular weight excluding hydrogens is 244 g/mol. The van der Waals surface area contributed by atoms with E-state index in [4.69, 9.17) is 0 Å². The van der Waals surface area contributed by atoms with E-state index in [1.54, 1.807) is 0 Å². The molecule has 1 heterocycles. The highest BCUT2D eigenvalue weighted by Gasteiger charge is 2.26. The molecule has 18 heavy (non-hydrogen) atoms. The van der Waals surface area contributed by atoms with Gasteiger partial charge in [-0.15, -0.1) is 0 Å². The van der Waals surface area contributed by atoms with Crippen LogP contribution in [0.3, 0.4) is 0 Å². The first-order valence-corrected chi connectivity index (χ1v) is 4.70. The third-order valence-electron chi connectivity index (χ3n) is 2.32. The van der Waals surface area contributed by atoms with Gasteiger partial charge in [-0.25, -0.2) is 9.97 Å². The quantitative estimate of drug-likeness (QED) is 0.629. The van der Waals surface area contributed by atoms with Gasteiger partial charge in [-0.05, 0) is 6.92 Å². The molecule has 0 fully saturated rings. The van der Waals surface area contributed by atoms with E-state index in [1.807, 2.05) is 0 Å². The van der Waals surface area contributed by atoms with E-state index in [0.29, 0.717) is 6.07 Å². The van der Waals surface area contributed by atoms with Crippen LogP contribution < -0.4 is 0 Å². The van der Waals surface area contributed by atoms with Gasteiger partial charge in [-0.3, -0.25) is 20.2 Å². The van der Waals surface area contributed by atoms with Crippen molar-refractivity contribution in [1.82, 2.24) is 9.97 Å². The molecule has 0 atom stereocenters. The predicted octanol–water partition coefficient (Wildman–Crippen LogP) is 1.46. The van der Waals surface area contributed by atoms with Crippen LogP contribution in [0.1, 0.15) is 5.82 Å². The Kier molecular flexibility index (Phi) is 2.51. The molecule has 0 radical (unpaired) electrons. The molecule has 1 N–H and O–H groups in total. The van der Waals surface area contributed by atoms with Crippen LogP contribution >= 0.6 is 0 Å². The molecule has 1 aromatic carbocycles. The summed E-state index contributed by atoms with van der Waals surface area (Å²) in [7, 11) is 0. The molecule has 0 saturated heterocycles. The van der Waals surface area contributed by atoms with Crippen LogP contribution in [0, 0.1) is 27.2 Å². The summed E-state index contributed by atoms with van der Waals surface area (Å²) in [4.78, 5) is 27.4. The molecule has 1 aromatic heterocycles. The Morgan fingerprint density at radius 3 is 2.39 bits per heavy atom. The lowest BCUT2D eigenvalue weighted by molar-refractivity contribution is -0.393. The van der Waals surface area contributed by atoms with E-state index in [-0.39, 0.29) is 16.7 Å². The minimum Gasteiger partial charge on any atom is -0.501 e. The number of fused-ring (bicyclic) bond motifs is 1. The summed E-state index contributed by atoms with van der Waals surface area (Å²) in [6.45, 7) is 1.50. The van der Waals surface area contributed by atoms with E-state index in [0.717, 1.165) is 6.20 Å². The van der Waals surface area contributed by atoms with Crippen LogP contribution in [0.25, 0.3) is 10.9 Å². The fourth-order valence-electron chi connectivity index (χ4n) is 1.53. The normalized spacial score (nSPS) is 10.5. The topological polar surface area (TPSA) is 132 Å². The maximum absolute atomic E-state index is 10.8. The van der Waals surface area contributed by atoms with Crippen LogP contribution in [0.2, 0.25) is 0 Å². The van der Waals surface area contributed by atoms with Crippen molar-refractivity contribution in [2.24, 2.45) is 0 Å². The predicted molar refractivity (Wildman–Crippen MR) is 59.2 cm³/mol. The second-order valence-electron chi connectivity index (χ2n) is 3.46. The molecule has 0 saturated carbocycles. The zero-order valence-corrected chi connectivity index (χ0v) is 9.02. The average Bonchev–Trinajstić information content (AvgIpc) is 2.29. The first kappa shape index (κ1) is 11.6. The molecule has 9 heteroatoms. The fourth-order valence-corrected chi connectivity index (χ4v) is 1.53. The van der Waals surface area contributed by atoms with Gasteiger partial charge in [0.05, 0.1) is 15.9 Å². The summed E-state index contributed by atoms with van der Waals surface area (Å²) in [5, 5.41) is 31.2. The Hall–Kier alpha value is -2.84. The molecular formula is C9H6N4O5. The first-order chi connectivity index (χ1) is 8.41. The summed E-state index contributed by atoms with van der Waals surface area (Å²) < 4.78 is 0. The van der Waals surface area contributed by atoms with Gasteiger partial charge < -0.3 is 5.11 Å². The second-order valence-corrected chi connectivity index (χ2v) is 3.46. The molecule has 2 rings (SSSR count). The van der Waals surface area contributed by atoms with Crippen LogP contribution in [-0.4, -0.2) is 24.9 Å². The smallest absolute Gasteiger partial charge is 0.319 e. The molecule has 9 nitrogen and oxygen atoms in total. The number of aromatic hydroxyl groups is 1. The largest absolute Gasteiger partial charge is 0.501 e. The Morgan fingerprint density at radius 2 is 1.83 bits per heavy atom. The SMILES string of the molecule is Cc1ncc2c([N+](=O)[O-])cc([N+](=O)[O-])c(O)c2n1. The molecule has 0 aliphatic carbocycles. The van der Waals surface area contributed by atoms with Gasteiger partial charge in [-0.2, -0.15) is 0 Å². The highest BCUT2D eigenvalue weighted by Crippen LogP contribution is 2.38. The number of rotatable bonds is 2. The number of nitro benzene ring substituents is 2. The zero-order chi connectivity index (χ0) is 13.4. The standard InChI is InChI=1S/C9H6N4O5/c1-4-10-3-5-6(12(15)16)2-7(13(17)18)9(14)8(5)11-4/h2-3,14H,1H3. The molecule has 0 aliphatic rings. The minimum absolute atomic E-state index is 0.0475. The van der Waals surface area contributed by atoms with Crippen LogP contribution in [-0.2, 0) is 0 Å². The van der Waals surface area contributed by atoms with Gasteiger partial charge in [0, 0.05) is 6.20 Å². The molecule has 2 aromatic rings. The van der Waals surface area contributed by atoms with E-state index >= 15 is 0 Å². The molecule has 0 aliphatic heterocycles. The van der Waals surface area contributed by atoms with Crippen molar-refractivity contribution in [2.45, 2.75) is 6.92 Å². The molecule has 0 bridgehead atoms. The molecule has 0 amide bonds. The van der Waals surface area contributed by atoms with E-state index < -0.39 is 27.0 Å². The molecule has 0 unspecified atom stereocenters. The van der Waals surface area contributed by atoms with E-state index in [1.165, 1.54) is 6.92 Å². The Bertz CT molecular complexity index is 684. The average molecular weight is 250 g/mol. The maximum Gasteiger partial charge on any atom is 0.319 e. The Labute approximate surface area is 99.0 Å². The Balaban J connectivity index is 2.97. The number of hydrogen-bond donors (Lipinski definition) is 1. The summed E-state index contributed by atoms with van der Waals surface area (Å²) in [5.74, 6) is -0.460. The van der Waals surface area contributed by atoms with Gasteiger partial charge in [0.2, 0.25) is 5.75 Å². The number of nitro groups is 2. The third kappa shape index (κ3) is 1.67. The lowest BCUT2D eigenvalue weighted by Crippen LogP contribution is -1.98. The van der Waals surface area contributed by atoms with Crippen molar-refractivity contribution in [2.75, 3.05) is 0 Å². The maximum atomic E-state index is 10.8. The Morgan fingerprint density at radius 1 is 1.22 bits per heavy atom. The van der Waals surface area contributed by atoms with Crippen molar-refractivity contribution in [3.05, 3.63) is 38.3 Å². The summed E-state index contributed by atoms with van der Waals surface area (Å²) in [5.41, 5.74) is -1.48. The van der Waals surface area contributed by atoms with E-state index in [2.05, 4.69) is 9.97 Å². The number of phenols is 1. The highest BCUT2D eigenvalue weighted by atomic mass is 16.6. The lowest BCUT2D eigenvalue weighted by Gasteiger charge is -2.03. The third-order valence-corrected chi connectivity index (χ3v) is 2.32. The van der Waals surface area contributed by atoms with Gasteiger partial charge in [0.1, 0.15) is 16.7 Å². The van der Waals surface area contributed by atoms with Gasteiger partial charge in [0.25, 0.3) is 5.69 Å². The van der Waals surface area contributed by atoms with Gasteiger partial charge >= 0.3 is 5.69 Å². The van der Waals surface area contributed by atoms with Crippen molar-refractivity contribution in [1.29, 1.82) is 0 Å². The van der Waals surface area contributed by atoms with Gasteiger partial charge in [-0.1, -0.05) is 0 Å². The minimum atomic E-state index is -0.904. The van der Waals surface area contributed by atoms with Crippen molar-refractivity contribution in [3.63, 3.8) is 0 Å². The molecule has 0 spiro atoms. The number of benzene rings is 1. The number of aryl methyl sites for hydroxylation is 1. The van der Waals surface area contributed by atoms with Crippen LogP contribution in [0.5, 0.6) is 5.75 Å². The fraction of sp³-hybridized carbons (Fsp3) is 0.111. The molecule has 92 valence electrons. The number of non-ortho nitro benzene ring substituents is 1. The van der Waals surface area contributed by atoms with E-state index in [9.17, 15) is 25.3 Å². The van der Waals surface area contributed by atoms with Crippen molar-refractivity contribution in [3.8, 4) is 5.75 Å². The first-order valence-electron chi connectivity index (χ1n) is 4.70.